The maximum Gasteiger partial charge on any atom is 0.326 e. The van der Waals surface area contributed by atoms with Crippen LogP contribution in [0, 0.1) is 5.92 Å². The quantitative estimate of drug-likeness (QED) is 0.732. The predicted molar refractivity (Wildman–Crippen MR) is 71.7 cm³/mol. The van der Waals surface area contributed by atoms with Crippen molar-refractivity contribution in [3.8, 4) is 5.88 Å². The number of nitrogens with one attached hydrogen (secondary N) is 2. The molecule has 0 aromatic carbocycles. The van der Waals surface area contributed by atoms with E-state index in [9.17, 15) is 9.59 Å². The molecule has 1 aliphatic carbocycles. The van der Waals surface area contributed by atoms with Gasteiger partial charge in [-0.2, -0.15) is 0 Å². The number of carboxylic acid groups (broad SMARTS) is 1. The van der Waals surface area contributed by atoms with E-state index < -0.39 is 18.0 Å². The number of carbonyl (C=O) groups excluding carboxylic acids is 1. The number of carbonyl (C=O) groups is 2. The van der Waals surface area contributed by atoms with Crippen LogP contribution in [0.5, 0.6) is 5.88 Å². The number of pyridine rings is 1. The van der Waals surface area contributed by atoms with Gasteiger partial charge in [-0.3, -0.25) is 0 Å². The number of anilines is 1. The van der Waals surface area contributed by atoms with Crippen molar-refractivity contribution in [2.75, 3.05) is 11.9 Å². The SMILES string of the molecule is CCOc1ccc(NC(=O)NC(C(=O)O)C2CC2)cn1. The molecule has 3 N–H and O–H groups in total. The first-order valence-corrected chi connectivity index (χ1v) is 6.49. The molecule has 0 radical (unpaired) electrons. The Bertz CT molecular complexity index is 485. The molecule has 0 saturated heterocycles. The topological polar surface area (TPSA) is 101 Å². The van der Waals surface area contributed by atoms with Crippen molar-refractivity contribution in [2.45, 2.75) is 25.8 Å². The average molecular weight is 279 g/mol. The first-order chi connectivity index (χ1) is 9.60. The molecule has 2 amide bonds. The third-order valence-electron chi connectivity index (χ3n) is 2.93. The minimum absolute atomic E-state index is 0.0386. The van der Waals surface area contributed by atoms with E-state index in [4.69, 9.17) is 9.84 Å². The van der Waals surface area contributed by atoms with Gasteiger partial charge in [0, 0.05) is 6.07 Å². The Morgan fingerprint density at radius 2 is 2.25 bits per heavy atom. The van der Waals surface area contributed by atoms with Gasteiger partial charge >= 0.3 is 12.0 Å². The number of hydrogen-bond donors (Lipinski definition) is 3. The molecule has 1 heterocycles. The Balaban J connectivity index is 1.88. The lowest BCUT2D eigenvalue weighted by Crippen LogP contribution is -2.44. The van der Waals surface area contributed by atoms with E-state index in [1.165, 1.54) is 6.20 Å². The van der Waals surface area contributed by atoms with E-state index in [-0.39, 0.29) is 5.92 Å². The van der Waals surface area contributed by atoms with Crippen LogP contribution in [0.25, 0.3) is 0 Å². The molecule has 1 saturated carbocycles. The summed E-state index contributed by atoms with van der Waals surface area (Å²) >= 11 is 0. The fourth-order valence-corrected chi connectivity index (χ4v) is 1.81. The van der Waals surface area contributed by atoms with E-state index >= 15 is 0 Å². The maximum atomic E-state index is 11.7. The van der Waals surface area contributed by atoms with E-state index in [0.29, 0.717) is 18.2 Å². The second-order valence-corrected chi connectivity index (χ2v) is 4.57. The monoisotopic (exact) mass is 279 g/mol. The number of hydrogen-bond acceptors (Lipinski definition) is 4. The Kier molecular flexibility index (Phi) is 4.39. The lowest BCUT2D eigenvalue weighted by Gasteiger charge is -2.14. The van der Waals surface area contributed by atoms with Crippen molar-refractivity contribution in [1.29, 1.82) is 0 Å². The summed E-state index contributed by atoms with van der Waals surface area (Å²) < 4.78 is 5.18. The molecule has 0 aliphatic heterocycles. The molecule has 1 aliphatic rings. The molecular formula is C13H17N3O4. The molecule has 1 atom stereocenters. The highest BCUT2D eigenvalue weighted by Gasteiger charge is 2.37. The molecule has 108 valence electrons. The largest absolute Gasteiger partial charge is 0.480 e. The molecule has 1 aromatic heterocycles. The van der Waals surface area contributed by atoms with Gasteiger partial charge in [-0.05, 0) is 31.7 Å². The number of urea groups is 1. The molecule has 0 spiro atoms. The standard InChI is InChI=1S/C13H17N3O4/c1-2-20-10-6-5-9(7-14-10)15-13(19)16-11(12(17)18)8-3-4-8/h5-8,11H,2-4H2,1H3,(H,17,18)(H2,15,16,19). The van der Waals surface area contributed by atoms with E-state index in [2.05, 4.69) is 15.6 Å². The summed E-state index contributed by atoms with van der Waals surface area (Å²) in [5.41, 5.74) is 0.478. The number of rotatable bonds is 6. The second kappa shape index (κ2) is 6.23. The van der Waals surface area contributed by atoms with Crippen LogP contribution >= 0.6 is 0 Å². The van der Waals surface area contributed by atoms with Crippen LogP contribution in [0.15, 0.2) is 18.3 Å². The number of aromatic nitrogens is 1. The zero-order valence-electron chi connectivity index (χ0n) is 11.1. The molecule has 1 fully saturated rings. The smallest absolute Gasteiger partial charge is 0.326 e. The fraction of sp³-hybridized carbons (Fsp3) is 0.462. The van der Waals surface area contributed by atoms with Gasteiger partial charge in [0.1, 0.15) is 6.04 Å². The molecule has 0 bridgehead atoms. The Hall–Kier alpha value is -2.31. The summed E-state index contributed by atoms with van der Waals surface area (Å²) in [6.45, 7) is 2.37. The van der Waals surface area contributed by atoms with E-state index in [0.717, 1.165) is 12.8 Å². The van der Waals surface area contributed by atoms with Gasteiger partial charge < -0.3 is 20.5 Å². The van der Waals surface area contributed by atoms with Crippen LogP contribution in [-0.2, 0) is 4.79 Å². The van der Waals surface area contributed by atoms with Crippen molar-refractivity contribution in [3.63, 3.8) is 0 Å². The van der Waals surface area contributed by atoms with Crippen LogP contribution in [0.2, 0.25) is 0 Å². The molecular weight excluding hydrogens is 262 g/mol. The third-order valence-corrected chi connectivity index (χ3v) is 2.93. The highest BCUT2D eigenvalue weighted by molar-refractivity contribution is 5.92. The molecule has 20 heavy (non-hydrogen) atoms. The summed E-state index contributed by atoms with van der Waals surface area (Å²) in [5.74, 6) is -0.496. The maximum absolute atomic E-state index is 11.7. The van der Waals surface area contributed by atoms with Crippen molar-refractivity contribution < 1.29 is 19.4 Å². The number of amides is 2. The number of carboxylic acids is 1. The van der Waals surface area contributed by atoms with Crippen LogP contribution in [-0.4, -0.2) is 34.7 Å². The summed E-state index contributed by atoms with van der Waals surface area (Å²) in [7, 11) is 0. The number of aliphatic carboxylic acids is 1. The first kappa shape index (κ1) is 14.1. The Morgan fingerprint density at radius 1 is 1.50 bits per heavy atom. The van der Waals surface area contributed by atoms with Crippen molar-refractivity contribution in [1.82, 2.24) is 10.3 Å². The van der Waals surface area contributed by atoms with Crippen molar-refractivity contribution in [2.24, 2.45) is 5.92 Å². The molecule has 7 heteroatoms. The predicted octanol–water partition coefficient (Wildman–Crippen LogP) is 1.46. The molecule has 1 aromatic rings. The first-order valence-electron chi connectivity index (χ1n) is 6.49. The third kappa shape index (κ3) is 3.84. The van der Waals surface area contributed by atoms with Crippen LogP contribution in [0.3, 0.4) is 0 Å². The van der Waals surface area contributed by atoms with Gasteiger partial charge in [-0.25, -0.2) is 14.6 Å². The highest BCUT2D eigenvalue weighted by Crippen LogP contribution is 2.32. The molecule has 7 nitrogen and oxygen atoms in total. The molecule has 1 unspecified atom stereocenters. The van der Waals surface area contributed by atoms with Gasteiger partial charge in [-0.15, -0.1) is 0 Å². The Labute approximate surface area is 116 Å². The van der Waals surface area contributed by atoms with Crippen LogP contribution < -0.4 is 15.4 Å². The summed E-state index contributed by atoms with van der Waals surface area (Å²) in [5, 5.41) is 14.0. The van der Waals surface area contributed by atoms with Crippen LogP contribution in [0.1, 0.15) is 19.8 Å². The van der Waals surface area contributed by atoms with Crippen molar-refractivity contribution >= 4 is 17.7 Å². The lowest BCUT2D eigenvalue weighted by atomic mass is 10.2. The Morgan fingerprint density at radius 3 is 2.75 bits per heavy atom. The summed E-state index contributed by atoms with van der Waals surface area (Å²) in [6.07, 6.45) is 3.13. The van der Waals surface area contributed by atoms with Gasteiger partial charge in [0.15, 0.2) is 0 Å². The normalized spacial score (nSPS) is 15.2. The van der Waals surface area contributed by atoms with Gasteiger partial charge in [0.25, 0.3) is 0 Å². The number of ether oxygens (including phenoxy) is 1. The zero-order valence-corrected chi connectivity index (χ0v) is 11.1. The minimum Gasteiger partial charge on any atom is -0.480 e. The lowest BCUT2D eigenvalue weighted by molar-refractivity contribution is -0.139. The van der Waals surface area contributed by atoms with Crippen LogP contribution in [0.4, 0.5) is 10.5 Å². The minimum atomic E-state index is -1.01. The van der Waals surface area contributed by atoms with Crippen molar-refractivity contribution in [3.05, 3.63) is 18.3 Å². The van der Waals surface area contributed by atoms with E-state index in [1.807, 2.05) is 6.92 Å². The second-order valence-electron chi connectivity index (χ2n) is 4.57. The van der Waals surface area contributed by atoms with E-state index in [1.54, 1.807) is 12.1 Å². The van der Waals surface area contributed by atoms with Gasteiger partial charge in [0.2, 0.25) is 5.88 Å². The summed E-state index contributed by atoms with van der Waals surface area (Å²) in [6, 6.07) is 1.90. The van der Waals surface area contributed by atoms with Gasteiger partial charge in [0.05, 0.1) is 18.5 Å². The average Bonchev–Trinajstić information content (AvgIpc) is 3.22. The van der Waals surface area contributed by atoms with Gasteiger partial charge in [-0.1, -0.05) is 0 Å². The number of nitrogens with zero attached hydrogens (tertiary/aromatic N) is 1. The molecule has 2 rings (SSSR count). The highest BCUT2D eigenvalue weighted by atomic mass is 16.5. The fourth-order valence-electron chi connectivity index (χ4n) is 1.81. The zero-order chi connectivity index (χ0) is 14.5. The summed E-state index contributed by atoms with van der Waals surface area (Å²) in [4.78, 5) is 26.7.